The van der Waals surface area contributed by atoms with E-state index in [1.54, 1.807) is 17.8 Å². The monoisotopic (exact) mass is 438 g/mol. The molecule has 1 unspecified atom stereocenters. The fourth-order valence-electron chi connectivity index (χ4n) is 3.90. The Morgan fingerprint density at radius 2 is 1.91 bits per heavy atom. The smallest absolute Gasteiger partial charge is 0.264 e. The first kappa shape index (κ1) is 21.6. The molecule has 32 heavy (non-hydrogen) atoms. The van der Waals surface area contributed by atoms with Crippen LogP contribution < -0.4 is 5.32 Å². The first-order chi connectivity index (χ1) is 15.4. The minimum absolute atomic E-state index is 0.136. The zero-order valence-electron chi connectivity index (χ0n) is 18.1. The molecule has 1 N–H and O–H groups in total. The van der Waals surface area contributed by atoms with Gasteiger partial charge >= 0.3 is 0 Å². The van der Waals surface area contributed by atoms with Gasteiger partial charge in [0, 0.05) is 23.9 Å². The lowest BCUT2D eigenvalue weighted by Gasteiger charge is -2.15. The summed E-state index contributed by atoms with van der Waals surface area (Å²) in [6.45, 7) is 6.04. The molecule has 3 heterocycles. The van der Waals surface area contributed by atoms with Crippen molar-refractivity contribution in [3.05, 3.63) is 65.6 Å². The van der Waals surface area contributed by atoms with Crippen molar-refractivity contribution in [2.75, 3.05) is 0 Å². The Morgan fingerprint density at radius 3 is 2.59 bits per heavy atom. The van der Waals surface area contributed by atoms with E-state index in [0.717, 1.165) is 5.69 Å². The topological polar surface area (TPSA) is 77.6 Å². The summed E-state index contributed by atoms with van der Waals surface area (Å²) in [5.74, 6) is -0.295. The van der Waals surface area contributed by atoms with Crippen LogP contribution in [0.5, 0.6) is 0 Å². The number of nitrogens with one attached hydrogen (secondary N) is 1. The summed E-state index contributed by atoms with van der Waals surface area (Å²) in [5.41, 5.74) is 2.54. The van der Waals surface area contributed by atoms with E-state index in [0.29, 0.717) is 23.5 Å². The standard InChI is InChI=1S/C23H24F2N6O/c1-4-30-19(10-11-26-30)14(2)27-20(32)13-31-23-21(15(3)29-31)17(22(24)25)12-18(28-23)16-8-6-5-7-9-16/h5-12,14,22H,4,13H2,1-3H3,(H,27,32). The summed E-state index contributed by atoms with van der Waals surface area (Å²) >= 11 is 0. The summed E-state index contributed by atoms with van der Waals surface area (Å²) in [5, 5.41) is 11.8. The number of rotatable bonds is 7. The van der Waals surface area contributed by atoms with Gasteiger partial charge in [-0.3, -0.25) is 9.48 Å². The minimum atomic E-state index is -2.69. The Morgan fingerprint density at radius 1 is 1.16 bits per heavy atom. The van der Waals surface area contributed by atoms with Gasteiger partial charge in [-0.25, -0.2) is 18.4 Å². The highest BCUT2D eigenvalue weighted by Crippen LogP contribution is 2.33. The summed E-state index contributed by atoms with van der Waals surface area (Å²) in [6.07, 6.45) is -1.00. The molecule has 0 bridgehead atoms. The van der Waals surface area contributed by atoms with Crippen molar-refractivity contribution in [3.63, 3.8) is 0 Å². The van der Waals surface area contributed by atoms with E-state index in [1.165, 1.54) is 10.7 Å². The van der Waals surface area contributed by atoms with E-state index in [9.17, 15) is 13.6 Å². The first-order valence-corrected chi connectivity index (χ1v) is 10.4. The molecule has 4 aromatic rings. The Kier molecular flexibility index (Phi) is 5.98. The zero-order chi connectivity index (χ0) is 22.8. The van der Waals surface area contributed by atoms with Gasteiger partial charge in [0.05, 0.1) is 28.5 Å². The van der Waals surface area contributed by atoms with Gasteiger partial charge in [-0.15, -0.1) is 0 Å². The molecule has 0 spiro atoms. The highest BCUT2D eigenvalue weighted by molar-refractivity contribution is 5.87. The lowest BCUT2D eigenvalue weighted by Crippen LogP contribution is -2.31. The van der Waals surface area contributed by atoms with Crippen LogP contribution in [0.25, 0.3) is 22.3 Å². The molecule has 4 rings (SSSR count). The molecule has 166 valence electrons. The SMILES string of the molecule is CCn1nccc1C(C)NC(=O)Cn1nc(C)c2c(C(F)F)cc(-c3ccccc3)nc21. The second-order valence-electron chi connectivity index (χ2n) is 7.57. The third-order valence-electron chi connectivity index (χ3n) is 5.38. The molecule has 3 aromatic heterocycles. The molecule has 0 radical (unpaired) electrons. The molecule has 9 heteroatoms. The van der Waals surface area contributed by atoms with Crippen LogP contribution in [-0.4, -0.2) is 30.5 Å². The number of pyridine rings is 1. The van der Waals surface area contributed by atoms with Gasteiger partial charge in [0.1, 0.15) is 6.54 Å². The summed E-state index contributed by atoms with van der Waals surface area (Å²) in [4.78, 5) is 17.4. The average molecular weight is 438 g/mol. The number of fused-ring (bicyclic) bond motifs is 1. The molecule has 0 saturated carbocycles. The van der Waals surface area contributed by atoms with Gasteiger partial charge < -0.3 is 5.32 Å². The average Bonchev–Trinajstić information content (AvgIpc) is 3.38. The highest BCUT2D eigenvalue weighted by atomic mass is 19.3. The summed E-state index contributed by atoms with van der Waals surface area (Å²) < 4.78 is 31.0. The van der Waals surface area contributed by atoms with E-state index < -0.39 is 6.43 Å². The third-order valence-corrected chi connectivity index (χ3v) is 5.38. The van der Waals surface area contributed by atoms with Crippen LogP contribution in [0.2, 0.25) is 0 Å². The van der Waals surface area contributed by atoms with Crippen molar-refractivity contribution in [3.8, 4) is 11.3 Å². The number of alkyl halides is 2. The minimum Gasteiger partial charge on any atom is -0.346 e. The second kappa shape index (κ2) is 8.86. The van der Waals surface area contributed by atoms with Crippen molar-refractivity contribution in [2.45, 2.75) is 46.3 Å². The van der Waals surface area contributed by atoms with Crippen LogP contribution in [0.3, 0.4) is 0 Å². The van der Waals surface area contributed by atoms with Gasteiger partial charge in [-0.1, -0.05) is 30.3 Å². The highest BCUT2D eigenvalue weighted by Gasteiger charge is 2.22. The Hall–Kier alpha value is -3.62. The number of hydrogen-bond acceptors (Lipinski definition) is 4. The van der Waals surface area contributed by atoms with Gasteiger partial charge in [-0.2, -0.15) is 10.2 Å². The molecule has 0 saturated heterocycles. The lowest BCUT2D eigenvalue weighted by atomic mass is 10.1. The van der Waals surface area contributed by atoms with Crippen LogP contribution in [0.4, 0.5) is 8.78 Å². The fraction of sp³-hybridized carbons (Fsp3) is 0.304. The van der Waals surface area contributed by atoms with Crippen molar-refractivity contribution in [2.24, 2.45) is 0 Å². The number of aryl methyl sites for hydroxylation is 2. The number of carbonyl (C=O) groups is 1. The zero-order valence-corrected chi connectivity index (χ0v) is 18.1. The van der Waals surface area contributed by atoms with Crippen molar-refractivity contribution < 1.29 is 13.6 Å². The molecule has 0 aliphatic rings. The maximum atomic E-state index is 13.9. The Labute approximate surface area is 184 Å². The normalized spacial score (nSPS) is 12.4. The molecular weight excluding hydrogens is 414 g/mol. The Balaban J connectivity index is 1.68. The van der Waals surface area contributed by atoms with Crippen molar-refractivity contribution in [1.82, 2.24) is 29.9 Å². The largest absolute Gasteiger partial charge is 0.346 e. The summed E-state index contributed by atoms with van der Waals surface area (Å²) in [6, 6.07) is 12.1. The van der Waals surface area contributed by atoms with Gasteiger partial charge in [0.25, 0.3) is 6.43 Å². The molecular formula is C23H24F2N6O. The van der Waals surface area contributed by atoms with E-state index in [4.69, 9.17) is 0 Å². The number of hydrogen-bond donors (Lipinski definition) is 1. The van der Waals surface area contributed by atoms with E-state index in [-0.39, 0.29) is 35.1 Å². The molecule has 0 aliphatic carbocycles. The predicted molar refractivity (Wildman–Crippen MR) is 117 cm³/mol. The molecule has 0 aliphatic heterocycles. The van der Waals surface area contributed by atoms with Crippen molar-refractivity contribution in [1.29, 1.82) is 0 Å². The van der Waals surface area contributed by atoms with Crippen LogP contribution in [-0.2, 0) is 17.9 Å². The number of benzene rings is 1. The first-order valence-electron chi connectivity index (χ1n) is 10.4. The van der Waals surface area contributed by atoms with Gasteiger partial charge in [0.2, 0.25) is 5.91 Å². The molecule has 1 aromatic carbocycles. The van der Waals surface area contributed by atoms with Gasteiger partial charge in [-0.05, 0) is 32.9 Å². The van der Waals surface area contributed by atoms with Crippen LogP contribution >= 0.6 is 0 Å². The fourth-order valence-corrected chi connectivity index (χ4v) is 3.90. The predicted octanol–water partition coefficient (Wildman–Crippen LogP) is 4.44. The third kappa shape index (κ3) is 4.10. The lowest BCUT2D eigenvalue weighted by molar-refractivity contribution is -0.122. The number of carbonyl (C=O) groups excluding carboxylic acids is 1. The maximum Gasteiger partial charge on any atom is 0.264 e. The Bertz CT molecular complexity index is 1250. The molecule has 0 fully saturated rings. The number of halogens is 2. The summed E-state index contributed by atoms with van der Waals surface area (Å²) in [7, 11) is 0. The second-order valence-corrected chi connectivity index (χ2v) is 7.57. The van der Waals surface area contributed by atoms with Gasteiger partial charge in [0.15, 0.2) is 5.65 Å². The maximum absolute atomic E-state index is 13.9. The van der Waals surface area contributed by atoms with Crippen LogP contribution in [0, 0.1) is 6.92 Å². The number of amides is 1. The van der Waals surface area contributed by atoms with Crippen molar-refractivity contribution >= 4 is 16.9 Å². The van der Waals surface area contributed by atoms with Crippen LogP contribution in [0.15, 0.2) is 48.7 Å². The van der Waals surface area contributed by atoms with Crippen LogP contribution in [0.1, 0.15) is 43.3 Å². The van der Waals surface area contributed by atoms with E-state index in [2.05, 4.69) is 20.5 Å². The number of nitrogens with zero attached hydrogens (tertiary/aromatic N) is 5. The molecule has 7 nitrogen and oxygen atoms in total. The van der Waals surface area contributed by atoms with E-state index in [1.807, 2.05) is 50.2 Å². The molecule has 1 amide bonds. The number of aromatic nitrogens is 5. The molecule has 1 atom stereocenters. The van der Waals surface area contributed by atoms with E-state index >= 15 is 0 Å². The quantitative estimate of drug-likeness (QED) is 0.463.